The number of benzene rings is 1. The maximum Gasteiger partial charge on any atom is 0.337 e. The first-order valence-electron chi connectivity index (χ1n) is 6.47. The number of carboxylic acids is 1. The first-order chi connectivity index (χ1) is 8.58. The van der Waals surface area contributed by atoms with Crippen molar-refractivity contribution in [3.05, 3.63) is 23.8 Å². The summed E-state index contributed by atoms with van der Waals surface area (Å²) in [5, 5.41) is 12.5. The lowest BCUT2D eigenvalue weighted by Gasteiger charge is -2.30. The van der Waals surface area contributed by atoms with Crippen LogP contribution in [0, 0.1) is 5.92 Å². The lowest BCUT2D eigenvalue weighted by atomic mass is 9.85. The van der Waals surface area contributed by atoms with Crippen molar-refractivity contribution >= 4 is 17.3 Å². The molecule has 2 unspecified atom stereocenters. The Morgan fingerprint density at radius 2 is 2.11 bits per heavy atom. The van der Waals surface area contributed by atoms with Gasteiger partial charge in [0.05, 0.1) is 11.3 Å². The van der Waals surface area contributed by atoms with E-state index in [9.17, 15) is 9.90 Å². The number of anilines is 2. The molecule has 1 saturated carbocycles. The van der Waals surface area contributed by atoms with Gasteiger partial charge in [-0.1, -0.05) is 19.8 Å². The number of carbonyl (C=O) groups is 1. The molecule has 1 aliphatic rings. The molecule has 0 aliphatic heterocycles. The molecule has 0 aromatic heterocycles. The summed E-state index contributed by atoms with van der Waals surface area (Å²) in [4.78, 5) is 11.2. The molecule has 0 spiro atoms. The van der Waals surface area contributed by atoms with E-state index in [1.807, 2.05) is 0 Å². The van der Waals surface area contributed by atoms with Crippen molar-refractivity contribution in [1.29, 1.82) is 0 Å². The van der Waals surface area contributed by atoms with Crippen LogP contribution in [0.5, 0.6) is 0 Å². The van der Waals surface area contributed by atoms with Gasteiger partial charge in [0.15, 0.2) is 0 Å². The lowest BCUT2D eigenvalue weighted by Crippen LogP contribution is -2.31. The zero-order valence-electron chi connectivity index (χ0n) is 10.6. The Kier molecular flexibility index (Phi) is 3.75. The van der Waals surface area contributed by atoms with Gasteiger partial charge in [-0.2, -0.15) is 0 Å². The number of aromatic carboxylic acids is 1. The van der Waals surface area contributed by atoms with Gasteiger partial charge in [-0.05, 0) is 37.0 Å². The summed E-state index contributed by atoms with van der Waals surface area (Å²) in [6.45, 7) is 2.21. The number of carboxylic acid groups (broad SMARTS) is 1. The zero-order chi connectivity index (χ0) is 13.1. The number of rotatable bonds is 3. The number of nitrogens with one attached hydrogen (secondary N) is 1. The first kappa shape index (κ1) is 12.7. The minimum atomic E-state index is -0.916. The Bertz CT molecular complexity index is 445. The van der Waals surface area contributed by atoms with Gasteiger partial charge in [-0.25, -0.2) is 4.79 Å². The van der Waals surface area contributed by atoms with E-state index in [0.29, 0.717) is 28.9 Å². The Hall–Kier alpha value is -1.71. The van der Waals surface area contributed by atoms with Gasteiger partial charge in [0.1, 0.15) is 0 Å². The molecule has 2 atom stereocenters. The molecule has 4 heteroatoms. The molecular weight excluding hydrogens is 228 g/mol. The Morgan fingerprint density at radius 1 is 1.39 bits per heavy atom. The van der Waals surface area contributed by atoms with E-state index < -0.39 is 5.97 Å². The topological polar surface area (TPSA) is 75.3 Å². The molecule has 1 aliphatic carbocycles. The molecule has 4 N–H and O–H groups in total. The second kappa shape index (κ2) is 5.29. The third-order valence-electron chi connectivity index (χ3n) is 3.73. The molecule has 0 bridgehead atoms. The van der Waals surface area contributed by atoms with E-state index >= 15 is 0 Å². The fourth-order valence-corrected chi connectivity index (χ4v) is 2.60. The fraction of sp³-hybridized carbons (Fsp3) is 0.500. The molecule has 1 aromatic carbocycles. The largest absolute Gasteiger partial charge is 0.478 e. The summed E-state index contributed by atoms with van der Waals surface area (Å²) in [6.07, 6.45) is 4.76. The van der Waals surface area contributed by atoms with Crippen molar-refractivity contribution in [1.82, 2.24) is 0 Å². The Morgan fingerprint density at radius 3 is 2.78 bits per heavy atom. The highest BCUT2D eigenvalue weighted by atomic mass is 16.4. The van der Waals surface area contributed by atoms with Gasteiger partial charge in [-0.15, -0.1) is 0 Å². The predicted octanol–water partition coefficient (Wildman–Crippen LogP) is 2.96. The smallest absolute Gasteiger partial charge is 0.337 e. The van der Waals surface area contributed by atoms with Gasteiger partial charge in [-0.3, -0.25) is 0 Å². The first-order valence-corrected chi connectivity index (χ1v) is 6.47. The molecule has 0 radical (unpaired) electrons. The average molecular weight is 248 g/mol. The van der Waals surface area contributed by atoms with Crippen LogP contribution >= 0.6 is 0 Å². The van der Waals surface area contributed by atoms with Gasteiger partial charge in [0.2, 0.25) is 0 Å². The molecule has 0 saturated heterocycles. The molecule has 18 heavy (non-hydrogen) atoms. The standard InChI is InChI=1S/C14H20N2O2/c1-9-4-2-3-5-12(9)16-13-8-10(15)6-7-11(13)14(17)18/h6-9,12,16H,2-5,15H2,1H3,(H,17,18). The molecular formula is C14H20N2O2. The highest BCUT2D eigenvalue weighted by Gasteiger charge is 2.22. The Balaban J connectivity index is 2.21. The van der Waals surface area contributed by atoms with E-state index in [0.717, 1.165) is 6.42 Å². The molecule has 98 valence electrons. The highest BCUT2D eigenvalue weighted by molar-refractivity contribution is 5.95. The summed E-state index contributed by atoms with van der Waals surface area (Å²) >= 11 is 0. The maximum absolute atomic E-state index is 11.2. The van der Waals surface area contributed by atoms with Crippen LogP contribution in [-0.4, -0.2) is 17.1 Å². The Labute approximate surface area is 107 Å². The van der Waals surface area contributed by atoms with Crippen LogP contribution in [0.1, 0.15) is 43.0 Å². The maximum atomic E-state index is 11.2. The van der Waals surface area contributed by atoms with E-state index in [4.69, 9.17) is 5.73 Å². The molecule has 2 rings (SSSR count). The van der Waals surface area contributed by atoms with Crippen LogP contribution in [0.2, 0.25) is 0 Å². The highest BCUT2D eigenvalue weighted by Crippen LogP contribution is 2.29. The molecule has 4 nitrogen and oxygen atoms in total. The van der Waals surface area contributed by atoms with Crippen molar-refractivity contribution in [2.45, 2.75) is 38.6 Å². The minimum Gasteiger partial charge on any atom is -0.478 e. The van der Waals surface area contributed by atoms with Gasteiger partial charge in [0.25, 0.3) is 0 Å². The van der Waals surface area contributed by atoms with Crippen molar-refractivity contribution in [2.75, 3.05) is 11.1 Å². The zero-order valence-corrected chi connectivity index (χ0v) is 10.6. The second-order valence-corrected chi connectivity index (χ2v) is 5.12. The van der Waals surface area contributed by atoms with Gasteiger partial charge >= 0.3 is 5.97 Å². The summed E-state index contributed by atoms with van der Waals surface area (Å²) in [5.74, 6) is -0.345. The quantitative estimate of drug-likeness (QED) is 0.719. The molecule has 1 aromatic rings. The third kappa shape index (κ3) is 2.75. The number of hydrogen-bond acceptors (Lipinski definition) is 3. The average Bonchev–Trinajstić information content (AvgIpc) is 2.32. The van der Waals surface area contributed by atoms with E-state index in [-0.39, 0.29) is 0 Å². The SMILES string of the molecule is CC1CCCCC1Nc1cc(N)ccc1C(=O)O. The van der Waals surface area contributed by atoms with Crippen LogP contribution < -0.4 is 11.1 Å². The third-order valence-corrected chi connectivity index (χ3v) is 3.73. The predicted molar refractivity (Wildman–Crippen MR) is 72.9 cm³/mol. The number of nitrogens with two attached hydrogens (primary N) is 1. The van der Waals surface area contributed by atoms with Crippen LogP contribution in [0.25, 0.3) is 0 Å². The summed E-state index contributed by atoms with van der Waals surface area (Å²) in [6, 6.07) is 5.25. The fourth-order valence-electron chi connectivity index (χ4n) is 2.60. The van der Waals surface area contributed by atoms with Crippen LogP contribution in [-0.2, 0) is 0 Å². The normalized spacial score (nSPS) is 23.6. The van der Waals surface area contributed by atoms with Crippen molar-refractivity contribution < 1.29 is 9.90 Å². The van der Waals surface area contributed by atoms with E-state index in [1.165, 1.54) is 19.3 Å². The van der Waals surface area contributed by atoms with Crippen molar-refractivity contribution in [3.63, 3.8) is 0 Å². The summed E-state index contributed by atoms with van der Waals surface area (Å²) in [5.41, 5.74) is 7.26. The van der Waals surface area contributed by atoms with Gasteiger partial charge in [0, 0.05) is 11.7 Å². The van der Waals surface area contributed by atoms with Crippen LogP contribution in [0.15, 0.2) is 18.2 Å². The summed E-state index contributed by atoms with van der Waals surface area (Å²) in [7, 11) is 0. The molecule has 0 amide bonds. The van der Waals surface area contributed by atoms with Crippen LogP contribution in [0.3, 0.4) is 0 Å². The van der Waals surface area contributed by atoms with E-state index in [2.05, 4.69) is 12.2 Å². The number of nitrogen functional groups attached to an aromatic ring is 1. The van der Waals surface area contributed by atoms with Crippen molar-refractivity contribution in [2.24, 2.45) is 5.92 Å². The molecule has 1 fully saturated rings. The monoisotopic (exact) mass is 248 g/mol. The van der Waals surface area contributed by atoms with Gasteiger partial charge < -0.3 is 16.2 Å². The summed E-state index contributed by atoms with van der Waals surface area (Å²) < 4.78 is 0. The molecule has 0 heterocycles. The van der Waals surface area contributed by atoms with E-state index in [1.54, 1.807) is 18.2 Å². The minimum absolute atomic E-state index is 0.293. The second-order valence-electron chi connectivity index (χ2n) is 5.12. The number of hydrogen-bond donors (Lipinski definition) is 3. The lowest BCUT2D eigenvalue weighted by molar-refractivity contribution is 0.0698. The van der Waals surface area contributed by atoms with Crippen molar-refractivity contribution in [3.8, 4) is 0 Å². The van der Waals surface area contributed by atoms with Crippen LogP contribution in [0.4, 0.5) is 11.4 Å².